The lowest BCUT2D eigenvalue weighted by molar-refractivity contribution is -0.155. The number of aromatic amines is 1. The molecule has 0 saturated heterocycles. The molecule has 1 aliphatic rings. The SMILES string of the molecule is CO[C@@H](C)C[C@@H]1c2[nH]c3ccc(Cl)cc3c2CCN1c1nc(C(F)(F)F)nc(C(F)(F)F)n1. The van der Waals surface area contributed by atoms with E-state index in [4.69, 9.17) is 16.3 Å². The number of fused-ring (bicyclic) bond motifs is 3. The fourth-order valence-electron chi connectivity index (χ4n) is 3.98. The monoisotopic (exact) mass is 493 g/mol. The van der Waals surface area contributed by atoms with Gasteiger partial charge < -0.3 is 14.6 Å². The lowest BCUT2D eigenvalue weighted by atomic mass is 9.94. The molecule has 33 heavy (non-hydrogen) atoms. The maximum absolute atomic E-state index is 13.3. The van der Waals surface area contributed by atoms with Crippen LogP contribution < -0.4 is 4.90 Å². The number of nitrogens with one attached hydrogen (secondary N) is 1. The molecule has 0 aliphatic carbocycles. The summed E-state index contributed by atoms with van der Waals surface area (Å²) in [7, 11) is 1.47. The van der Waals surface area contributed by atoms with E-state index in [0.717, 1.165) is 16.5 Å². The number of rotatable bonds is 4. The van der Waals surface area contributed by atoms with E-state index in [1.165, 1.54) is 12.0 Å². The van der Waals surface area contributed by atoms with Gasteiger partial charge in [-0.3, -0.25) is 0 Å². The van der Waals surface area contributed by atoms with Crippen molar-refractivity contribution >= 4 is 28.5 Å². The number of benzene rings is 1. The minimum atomic E-state index is -5.17. The van der Waals surface area contributed by atoms with Gasteiger partial charge in [0.25, 0.3) is 0 Å². The predicted octanol–water partition coefficient (Wildman–Crippen LogP) is 5.57. The highest BCUT2D eigenvalue weighted by Gasteiger charge is 2.43. The number of alkyl halides is 6. The summed E-state index contributed by atoms with van der Waals surface area (Å²) in [4.78, 5) is 13.9. The first-order valence-electron chi connectivity index (χ1n) is 9.88. The van der Waals surface area contributed by atoms with Gasteiger partial charge in [-0.15, -0.1) is 0 Å². The normalized spacial score (nSPS) is 18.0. The second-order valence-corrected chi connectivity index (χ2v) is 8.16. The zero-order chi connectivity index (χ0) is 24.1. The van der Waals surface area contributed by atoms with Crippen molar-refractivity contribution in [3.63, 3.8) is 0 Å². The van der Waals surface area contributed by atoms with Gasteiger partial charge in [0.15, 0.2) is 0 Å². The van der Waals surface area contributed by atoms with Crippen LogP contribution in [0.15, 0.2) is 18.2 Å². The van der Waals surface area contributed by atoms with Crippen LogP contribution >= 0.6 is 11.6 Å². The van der Waals surface area contributed by atoms with Crippen LogP contribution in [-0.2, 0) is 23.5 Å². The highest BCUT2D eigenvalue weighted by Crippen LogP contribution is 2.40. The lowest BCUT2D eigenvalue weighted by Gasteiger charge is -2.37. The number of aromatic nitrogens is 4. The Morgan fingerprint density at radius 2 is 1.76 bits per heavy atom. The van der Waals surface area contributed by atoms with Crippen molar-refractivity contribution in [3.05, 3.63) is 46.1 Å². The van der Waals surface area contributed by atoms with Gasteiger partial charge in [-0.1, -0.05) is 11.6 Å². The predicted molar refractivity (Wildman–Crippen MR) is 108 cm³/mol. The summed E-state index contributed by atoms with van der Waals surface area (Å²) in [6, 6.07) is 4.56. The highest BCUT2D eigenvalue weighted by atomic mass is 35.5. The number of hydrogen-bond acceptors (Lipinski definition) is 5. The average molecular weight is 494 g/mol. The van der Waals surface area contributed by atoms with Crippen molar-refractivity contribution < 1.29 is 31.1 Å². The average Bonchev–Trinajstić information content (AvgIpc) is 3.10. The molecule has 0 unspecified atom stereocenters. The third-order valence-electron chi connectivity index (χ3n) is 5.56. The topological polar surface area (TPSA) is 66.9 Å². The van der Waals surface area contributed by atoms with Crippen molar-refractivity contribution in [3.8, 4) is 0 Å². The van der Waals surface area contributed by atoms with E-state index in [0.29, 0.717) is 17.1 Å². The van der Waals surface area contributed by atoms with Gasteiger partial charge in [0.05, 0.1) is 12.1 Å². The largest absolute Gasteiger partial charge is 0.451 e. The van der Waals surface area contributed by atoms with Gasteiger partial charge in [-0.05, 0) is 43.5 Å². The standard InChI is InChI=1S/C20H18ClF6N5O/c1-9(33-2)7-14-15-11(12-8-10(21)3-4-13(12)28-15)5-6-32(14)18-30-16(19(22,23)24)29-17(31-18)20(25,26)27/h3-4,8-9,14,28H,5-7H2,1-2H3/t9-,14+/m0/s1. The zero-order valence-electron chi connectivity index (χ0n) is 17.4. The van der Waals surface area contributed by atoms with Crippen LogP contribution in [0.1, 0.15) is 42.3 Å². The van der Waals surface area contributed by atoms with Crippen LogP contribution in [0.3, 0.4) is 0 Å². The summed E-state index contributed by atoms with van der Waals surface area (Å²) < 4.78 is 85.2. The molecule has 2 aromatic heterocycles. The van der Waals surface area contributed by atoms with Crippen molar-refractivity contribution in [2.75, 3.05) is 18.6 Å². The molecule has 4 rings (SSSR count). The first-order chi connectivity index (χ1) is 15.4. The van der Waals surface area contributed by atoms with Gasteiger partial charge in [0, 0.05) is 35.3 Å². The van der Waals surface area contributed by atoms with Crippen LogP contribution in [0.25, 0.3) is 10.9 Å². The number of hydrogen-bond donors (Lipinski definition) is 1. The molecule has 1 aliphatic heterocycles. The Labute approximate surface area is 188 Å². The molecule has 1 aromatic carbocycles. The molecule has 0 bridgehead atoms. The van der Waals surface area contributed by atoms with E-state index in [-0.39, 0.29) is 19.1 Å². The van der Waals surface area contributed by atoms with Gasteiger partial charge in [0.1, 0.15) is 0 Å². The molecule has 0 radical (unpaired) electrons. The van der Waals surface area contributed by atoms with E-state index in [1.54, 1.807) is 25.1 Å². The third kappa shape index (κ3) is 4.58. The van der Waals surface area contributed by atoms with Gasteiger partial charge in [-0.2, -0.15) is 36.3 Å². The number of halogens is 7. The Bertz CT molecular complexity index is 1150. The Hall–Kier alpha value is -2.60. The second kappa shape index (κ2) is 8.32. The molecule has 6 nitrogen and oxygen atoms in total. The minimum absolute atomic E-state index is 0.0895. The van der Waals surface area contributed by atoms with Crippen LogP contribution in [0.5, 0.6) is 0 Å². The van der Waals surface area contributed by atoms with E-state index in [1.807, 2.05) is 0 Å². The smallest absolute Gasteiger partial charge is 0.382 e. The first-order valence-corrected chi connectivity index (χ1v) is 10.3. The fraction of sp³-hybridized carbons (Fsp3) is 0.450. The third-order valence-corrected chi connectivity index (χ3v) is 5.79. The summed E-state index contributed by atoms with van der Waals surface area (Å²) >= 11 is 6.12. The maximum atomic E-state index is 13.3. The molecule has 1 N–H and O–H groups in total. The number of ether oxygens (including phenoxy) is 1. The summed E-state index contributed by atoms with van der Waals surface area (Å²) in [6.07, 6.45) is -10.1. The summed E-state index contributed by atoms with van der Waals surface area (Å²) in [5.41, 5.74) is 2.28. The van der Waals surface area contributed by atoms with E-state index < -0.39 is 36.0 Å². The van der Waals surface area contributed by atoms with Crippen LogP contribution in [-0.4, -0.2) is 39.7 Å². The van der Waals surface area contributed by atoms with E-state index >= 15 is 0 Å². The number of nitrogens with zero attached hydrogens (tertiary/aromatic N) is 4. The summed E-state index contributed by atoms with van der Waals surface area (Å²) in [5, 5.41) is 1.35. The molecule has 13 heteroatoms. The van der Waals surface area contributed by atoms with Crippen LogP contribution in [0, 0.1) is 0 Å². The molecule has 0 amide bonds. The van der Waals surface area contributed by atoms with Gasteiger partial charge >= 0.3 is 12.4 Å². The molecule has 178 valence electrons. The second-order valence-electron chi connectivity index (χ2n) is 7.73. The fourth-order valence-corrected chi connectivity index (χ4v) is 4.15. The van der Waals surface area contributed by atoms with Gasteiger partial charge in [-0.25, -0.2) is 4.98 Å². The van der Waals surface area contributed by atoms with Crippen molar-refractivity contribution in [2.24, 2.45) is 0 Å². The van der Waals surface area contributed by atoms with Crippen LogP contribution in [0.2, 0.25) is 5.02 Å². The first kappa shape index (κ1) is 23.6. The van der Waals surface area contributed by atoms with Crippen molar-refractivity contribution in [1.82, 2.24) is 19.9 Å². The summed E-state index contributed by atoms with van der Waals surface area (Å²) in [5.74, 6) is -4.49. The van der Waals surface area contributed by atoms with Crippen LogP contribution in [0.4, 0.5) is 32.3 Å². The van der Waals surface area contributed by atoms with E-state index in [9.17, 15) is 26.3 Å². The quantitative estimate of drug-likeness (QED) is 0.481. The van der Waals surface area contributed by atoms with Crippen molar-refractivity contribution in [1.29, 1.82) is 0 Å². The zero-order valence-corrected chi connectivity index (χ0v) is 18.1. The molecule has 3 aromatic rings. The lowest BCUT2D eigenvalue weighted by Crippen LogP contribution is -2.39. The highest BCUT2D eigenvalue weighted by molar-refractivity contribution is 6.31. The number of anilines is 1. The number of H-pyrrole nitrogens is 1. The minimum Gasteiger partial charge on any atom is -0.382 e. The van der Waals surface area contributed by atoms with Gasteiger partial charge in [0.2, 0.25) is 17.6 Å². The number of methoxy groups -OCH3 is 1. The molecule has 2 atom stereocenters. The Morgan fingerprint density at radius 3 is 2.33 bits per heavy atom. The Kier molecular flexibility index (Phi) is 5.94. The Morgan fingerprint density at radius 1 is 1.12 bits per heavy atom. The molecule has 0 spiro atoms. The molecular formula is C20H18ClF6N5O. The Balaban J connectivity index is 1.87. The maximum Gasteiger partial charge on any atom is 0.451 e. The molecule has 0 fully saturated rings. The summed E-state index contributed by atoms with van der Waals surface area (Å²) in [6.45, 7) is 1.84. The molecule has 3 heterocycles. The van der Waals surface area contributed by atoms with E-state index in [2.05, 4.69) is 19.9 Å². The molecular weight excluding hydrogens is 476 g/mol. The molecule has 0 saturated carbocycles. The van der Waals surface area contributed by atoms with Crippen molar-refractivity contribution in [2.45, 2.75) is 44.3 Å².